The highest BCUT2D eigenvalue weighted by Crippen LogP contribution is 2.34. The van der Waals surface area contributed by atoms with E-state index in [0.29, 0.717) is 17.3 Å². The molecule has 0 aliphatic rings. The van der Waals surface area contributed by atoms with Crippen LogP contribution < -0.4 is 4.89 Å². The van der Waals surface area contributed by atoms with Gasteiger partial charge < -0.3 is 9.99 Å². The predicted molar refractivity (Wildman–Crippen MR) is 119 cm³/mol. The van der Waals surface area contributed by atoms with Crippen LogP contribution in [0.2, 0.25) is 5.15 Å². The van der Waals surface area contributed by atoms with Gasteiger partial charge in [-0.15, -0.1) is 0 Å². The first-order valence-electron chi connectivity index (χ1n) is 9.77. The van der Waals surface area contributed by atoms with E-state index in [9.17, 15) is 4.79 Å². The number of hydrogen-bond acceptors (Lipinski definition) is 5. The predicted octanol–water partition coefficient (Wildman–Crippen LogP) is 6.39. The number of carboxylic acid groups (broad SMARTS) is 1. The highest BCUT2D eigenvalue weighted by molar-refractivity contribution is 7.10. The molecule has 2 aromatic carbocycles. The minimum Gasteiger partial charge on any atom is -0.481 e. The quantitative estimate of drug-likeness (QED) is 0.222. The molecule has 0 spiro atoms. The van der Waals surface area contributed by atoms with Crippen molar-refractivity contribution in [1.29, 1.82) is 0 Å². The highest BCUT2D eigenvalue weighted by atomic mass is 35.5. The Balaban J connectivity index is 1.61. The van der Waals surface area contributed by atoms with Crippen LogP contribution in [0.3, 0.4) is 0 Å². The summed E-state index contributed by atoms with van der Waals surface area (Å²) in [7, 11) is 0. The standard InChI is InChI=1S/C23H24ClNO4S/c1-15-16(2)20(13-12-17(15)8-6-7-11-21(26)27)29-28-14-19-22(30-25-23(19)24)18-9-4-3-5-10-18/h3-5,9-10,12-13H,6-8,11,14H2,1-2H3,(H,26,27). The lowest BCUT2D eigenvalue weighted by molar-refractivity contribution is -0.217. The molecule has 5 nitrogen and oxygen atoms in total. The number of aromatic nitrogens is 1. The summed E-state index contributed by atoms with van der Waals surface area (Å²) < 4.78 is 4.24. The maximum Gasteiger partial charge on any atom is 0.303 e. The number of aliphatic carboxylic acids is 1. The van der Waals surface area contributed by atoms with Crippen LogP contribution in [-0.2, 0) is 22.7 Å². The van der Waals surface area contributed by atoms with Gasteiger partial charge in [-0.1, -0.05) is 48.0 Å². The second-order valence-corrected chi connectivity index (χ2v) is 8.20. The molecule has 0 saturated heterocycles. The second-order valence-electron chi connectivity index (χ2n) is 7.07. The van der Waals surface area contributed by atoms with Gasteiger partial charge in [0, 0.05) is 12.0 Å². The van der Waals surface area contributed by atoms with Gasteiger partial charge in [0.1, 0.15) is 11.8 Å². The summed E-state index contributed by atoms with van der Waals surface area (Å²) in [4.78, 5) is 22.7. The minimum atomic E-state index is -0.750. The van der Waals surface area contributed by atoms with Crippen LogP contribution >= 0.6 is 23.1 Å². The smallest absolute Gasteiger partial charge is 0.303 e. The van der Waals surface area contributed by atoms with E-state index >= 15 is 0 Å². The summed E-state index contributed by atoms with van der Waals surface area (Å²) >= 11 is 7.60. The third kappa shape index (κ3) is 5.59. The zero-order valence-corrected chi connectivity index (χ0v) is 18.6. The van der Waals surface area contributed by atoms with Gasteiger partial charge in [-0.25, -0.2) is 0 Å². The lowest BCUT2D eigenvalue weighted by atomic mass is 9.98. The van der Waals surface area contributed by atoms with Crippen molar-refractivity contribution >= 4 is 29.1 Å². The SMILES string of the molecule is Cc1c(CCCCC(=O)O)ccc(OOCc2c(Cl)nsc2-c2ccccc2)c1C. The zero-order chi connectivity index (χ0) is 21.5. The molecule has 3 rings (SSSR count). The first-order valence-corrected chi connectivity index (χ1v) is 10.9. The van der Waals surface area contributed by atoms with Crippen LogP contribution in [0.1, 0.15) is 41.5 Å². The van der Waals surface area contributed by atoms with Gasteiger partial charge in [-0.3, -0.25) is 4.79 Å². The molecule has 0 bridgehead atoms. The van der Waals surface area contributed by atoms with Gasteiger partial charge in [-0.2, -0.15) is 9.26 Å². The summed E-state index contributed by atoms with van der Waals surface area (Å²) in [6, 6.07) is 13.8. The van der Waals surface area contributed by atoms with E-state index in [1.807, 2.05) is 56.3 Å². The molecule has 158 valence electrons. The summed E-state index contributed by atoms with van der Waals surface area (Å²) in [5.41, 5.74) is 5.17. The molecule has 7 heteroatoms. The van der Waals surface area contributed by atoms with Crippen LogP contribution in [0.25, 0.3) is 10.4 Å². The van der Waals surface area contributed by atoms with Crippen molar-refractivity contribution in [1.82, 2.24) is 4.37 Å². The Labute approximate surface area is 185 Å². The van der Waals surface area contributed by atoms with E-state index in [4.69, 9.17) is 26.5 Å². The largest absolute Gasteiger partial charge is 0.481 e. The summed E-state index contributed by atoms with van der Waals surface area (Å²) in [6.07, 6.45) is 2.57. The van der Waals surface area contributed by atoms with Crippen molar-refractivity contribution in [3.8, 4) is 16.2 Å². The molecule has 0 aliphatic heterocycles. The normalized spacial score (nSPS) is 10.9. The third-order valence-corrected chi connectivity index (χ3v) is 6.42. The zero-order valence-electron chi connectivity index (χ0n) is 17.0. The van der Waals surface area contributed by atoms with Crippen LogP contribution in [-0.4, -0.2) is 15.4 Å². The molecule has 0 saturated carbocycles. The Kier molecular flexibility index (Phi) is 7.85. The van der Waals surface area contributed by atoms with Gasteiger partial charge >= 0.3 is 5.97 Å². The Morgan fingerprint density at radius 3 is 2.60 bits per heavy atom. The monoisotopic (exact) mass is 445 g/mol. The average molecular weight is 446 g/mol. The van der Waals surface area contributed by atoms with Crippen LogP contribution in [0.15, 0.2) is 42.5 Å². The number of carbonyl (C=O) groups is 1. The number of halogens is 1. The summed E-state index contributed by atoms with van der Waals surface area (Å²) in [5.74, 6) is -0.0949. The van der Waals surface area contributed by atoms with Crippen molar-refractivity contribution in [3.63, 3.8) is 0 Å². The fourth-order valence-electron chi connectivity index (χ4n) is 3.19. The molecular weight excluding hydrogens is 422 g/mol. The maximum absolute atomic E-state index is 10.6. The molecule has 1 aromatic heterocycles. The van der Waals surface area contributed by atoms with E-state index in [2.05, 4.69) is 4.37 Å². The number of unbranched alkanes of at least 4 members (excludes halogenated alkanes) is 1. The van der Waals surface area contributed by atoms with Gasteiger partial charge in [0.25, 0.3) is 0 Å². The topological polar surface area (TPSA) is 68.7 Å². The van der Waals surface area contributed by atoms with Crippen molar-refractivity contribution in [3.05, 3.63) is 69.9 Å². The molecule has 0 unspecified atom stereocenters. The Morgan fingerprint density at radius 1 is 1.10 bits per heavy atom. The number of aryl methyl sites for hydroxylation is 1. The number of nitrogens with zero attached hydrogens (tertiary/aromatic N) is 1. The molecule has 0 fully saturated rings. The second kappa shape index (κ2) is 10.6. The first-order chi connectivity index (χ1) is 14.5. The van der Waals surface area contributed by atoms with Gasteiger partial charge in [0.05, 0.1) is 4.88 Å². The lowest BCUT2D eigenvalue weighted by Crippen LogP contribution is -2.02. The fourth-order valence-corrected chi connectivity index (χ4v) is 4.29. The molecule has 3 aromatic rings. The van der Waals surface area contributed by atoms with Gasteiger partial charge in [0.15, 0.2) is 5.75 Å². The molecule has 1 N–H and O–H groups in total. The average Bonchev–Trinajstić information content (AvgIpc) is 3.10. The molecular formula is C23H24ClNO4S. The Bertz CT molecular complexity index is 1000. The molecule has 0 radical (unpaired) electrons. The van der Waals surface area contributed by atoms with Crippen molar-refractivity contribution in [2.45, 2.75) is 46.1 Å². The Hall–Kier alpha value is -2.41. The van der Waals surface area contributed by atoms with Crippen LogP contribution in [0.5, 0.6) is 5.75 Å². The first kappa shape index (κ1) is 22.3. The van der Waals surface area contributed by atoms with E-state index in [1.165, 1.54) is 17.1 Å². The molecule has 0 atom stereocenters. The van der Waals surface area contributed by atoms with Crippen molar-refractivity contribution < 1.29 is 19.7 Å². The number of benzene rings is 2. The number of hydrogen-bond donors (Lipinski definition) is 1. The molecule has 30 heavy (non-hydrogen) atoms. The van der Waals surface area contributed by atoms with Crippen LogP contribution in [0.4, 0.5) is 0 Å². The lowest BCUT2D eigenvalue weighted by Gasteiger charge is -2.13. The van der Waals surface area contributed by atoms with Gasteiger partial charge in [0.2, 0.25) is 0 Å². The highest BCUT2D eigenvalue weighted by Gasteiger charge is 2.15. The van der Waals surface area contributed by atoms with Crippen molar-refractivity contribution in [2.24, 2.45) is 0 Å². The maximum atomic E-state index is 10.6. The van der Waals surface area contributed by atoms with E-state index in [-0.39, 0.29) is 13.0 Å². The Morgan fingerprint density at radius 2 is 1.87 bits per heavy atom. The van der Waals surface area contributed by atoms with Gasteiger partial charge in [-0.05, 0) is 73.0 Å². The van der Waals surface area contributed by atoms with E-state index in [0.717, 1.165) is 40.0 Å². The third-order valence-electron chi connectivity index (χ3n) is 5.06. The molecule has 1 heterocycles. The summed E-state index contributed by atoms with van der Waals surface area (Å²) in [5, 5.41) is 9.18. The summed E-state index contributed by atoms with van der Waals surface area (Å²) in [6.45, 7) is 4.22. The van der Waals surface area contributed by atoms with E-state index < -0.39 is 5.97 Å². The van der Waals surface area contributed by atoms with Crippen LogP contribution in [0, 0.1) is 13.8 Å². The minimum absolute atomic E-state index is 0.189. The van der Waals surface area contributed by atoms with E-state index in [1.54, 1.807) is 0 Å². The fraction of sp³-hybridized carbons (Fsp3) is 0.304. The molecule has 0 aliphatic carbocycles. The number of carboxylic acids is 1. The molecule has 0 amide bonds. The van der Waals surface area contributed by atoms with Crippen molar-refractivity contribution in [2.75, 3.05) is 0 Å². The number of rotatable bonds is 10.